The number of carbonyl (C=O) groups excluding carboxylic acids is 1. The molecule has 27 heavy (non-hydrogen) atoms. The molecule has 0 fully saturated rings. The molecule has 2 rings (SSSR count). The summed E-state index contributed by atoms with van der Waals surface area (Å²) < 4.78 is 36.4. The number of nitrogens with zero attached hydrogens (tertiary/aromatic N) is 1. The van der Waals surface area contributed by atoms with Gasteiger partial charge in [-0.25, -0.2) is 12.7 Å². The fourth-order valence-corrected chi connectivity index (χ4v) is 3.51. The first-order chi connectivity index (χ1) is 12.6. The maximum absolute atomic E-state index is 12.8. The van der Waals surface area contributed by atoms with Crippen molar-refractivity contribution in [2.45, 2.75) is 18.7 Å². The maximum atomic E-state index is 12.8. The van der Waals surface area contributed by atoms with Crippen LogP contribution in [-0.4, -0.2) is 46.9 Å². The van der Waals surface area contributed by atoms with E-state index in [0.717, 1.165) is 15.4 Å². The molecule has 0 aliphatic heterocycles. The highest BCUT2D eigenvalue weighted by Crippen LogP contribution is 2.28. The lowest BCUT2D eigenvalue weighted by Gasteiger charge is -2.17. The highest BCUT2D eigenvalue weighted by atomic mass is 32.2. The van der Waals surface area contributed by atoms with E-state index in [1.54, 1.807) is 31.2 Å². The fourth-order valence-electron chi connectivity index (χ4n) is 2.49. The largest absolute Gasteiger partial charge is 0.497 e. The summed E-state index contributed by atoms with van der Waals surface area (Å²) in [5.74, 6) is 0.518. The Bertz CT molecular complexity index is 968. The second kappa shape index (κ2) is 7.98. The molecule has 0 heterocycles. The van der Waals surface area contributed by atoms with E-state index in [-0.39, 0.29) is 4.90 Å². The number of hydrogen-bond donors (Lipinski definition) is 1. The smallest absolute Gasteiger partial charge is 0.259 e. The van der Waals surface area contributed by atoms with E-state index in [0.29, 0.717) is 22.7 Å². The number of carbonyl (C=O) groups is 1. The van der Waals surface area contributed by atoms with E-state index in [2.05, 4.69) is 5.32 Å². The Morgan fingerprint density at radius 3 is 2.26 bits per heavy atom. The van der Waals surface area contributed by atoms with Gasteiger partial charge in [0.15, 0.2) is 0 Å². The molecule has 0 spiro atoms. The third-order valence-corrected chi connectivity index (χ3v) is 6.11. The summed E-state index contributed by atoms with van der Waals surface area (Å²) in [6.07, 6.45) is 0. The molecular weight excluding hydrogens is 368 g/mol. The molecule has 0 atom stereocenters. The van der Waals surface area contributed by atoms with Crippen molar-refractivity contribution in [2.75, 3.05) is 33.6 Å². The van der Waals surface area contributed by atoms with Crippen LogP contribution in [0.15, 0.2) is 35.2 Å². The number of hydrogen-bond acceptors (Lipinski definition) is 5. The summed E-state index contributed by atoms with van der Waals surface area (Å²) >= 11 is 0. The molecule has 2 aromatic rings. The minimum Gasteiger partial charge on any atom is -0.497 e. The Kier molecular flexibility index (Phi) is 6.12. The van der Waals surface area contributed by atoms with Gasteiger partial charge in [0.05, 0.1) is 24.7 Å². The molecule has 1 N–H and O–H groups in total. The van der Waals surface area contributed by atoms with Crippen molar-refractivity contribution in [3.63, 3.8) is 0 Å². The SMILES string of the molecule is COc1ccc(C(=O)Nc2cc(S(=O)(=O)N(C)C)cc(C)c2C)c(OC)c1. The lowest BCUT2D eigenvalue weighted by molar-refractivity contribution is 0.102. The standard InChI is InChI=1S/C19H24N2O5S/c1-12-9-15(27(23,24)21(3)4)11-17(13(12)2)20-19(22)16-8-7-14(25-5)10-18(16)26-6/h7-11H,1-6H3,(H,20,22). The number of methoxy groups -OCH3 is 2. The van der Waals surface area contributed by atoms with Crippen LogP contribution in [0, 0.1) is 13.8 Å². The molecule has 0 saturated heterocycles. The van der Waals surface area contributed by atoms with Crippen LogP contribution >= 0.6 is 0 Å². The van der Waals surface area contributed by atoms with Gasteiger partial charge in [0, 0.05) is 25.8 Å². The summed E-state index contributed by atoms with van der Waals surface area (Å²) in [4.78, 5) is 12.9. The summed E-state index contributed by atoms with van der Waals surface area (Å²) in [6.45, 7) is 3.62. The summed E-state index contributed by atoms with van der Waals surface area (Å²) in [5.41, 5.74) is 2.29. The second-order valence-electron chi connectivity index (χ2n) is 6.22. The minimum absolute atomic E-state index is 0.118. The topological polar surface area (TPSA) is 84.9 Å². The molecule has 0 aromatic heterocycles. The van der Waals surface area contributed by atoms with Gasteiger partial charge in [0.2, 0.25) is 10.0 Å². The van der Waals surface area contributed by atoms with E-state index < -0.39 is 15.9 Å². The van der Waals surface area contributed by atoms with E-state index >= 15 is 0 Å². The van der Waals surface area contributed by atoms with Crippen LogP contribution in [0.5, 0.6) is 11.5 Å². The fraction of sp³-hybridized carbons (Fsp3) is 0.316. The van der Waals surface area contributed by atoms with Gasteiger partial charge in [-0.3, -0.25) is 4.79 Å². The van der Waals surface area contributed by atoms with Gasteiger partial charge in [-0.05, 0) is 49.2 Å². The van der Waals surface area contributed by atoms with E-state index in [4.69, 9.17) is 9.47 Å². The van der Waals surface area contributed by atoms with Gasteiger partial charge in [0.25, 0.3) is 5.91 Å². The quantitative estimate of drug-likeness (QED) is 0.817. The van der Waals surface area contributed by atoms with Crippen molar-refractivity contribution in [1.29, 1.82) is 0 Å². The van der Waals surface area contributed by atoms with Crippen LogP contribution in [0.25, 0.3) is 0 Å². The number of nitrogens with one attached hydrogen (secondary N) is 1. The van der Waals surface area contributed by atoms with Crippen LogP contribution < -0.4 is 14.8 Å². The Morgan fingerprint density at radius 1 is 1.04 bits per heavy atom. The van der Waals surface area contributed by atoms with Crippen molar-refractivity contribution in [2.24, 2.45) is 0 Å². The van der Waals surface area contributed by atoms with Crippen LogP contribution in [0.2, 0.25) is 0 Å². The molecular formula is C19H24N2O5S. The number of benzene rings is 2. The number of anilines is 1. The molecule has 0 saturated carbocycles. The molecule has 0 unspecified atom stereocenters. The third kappa shape index (κ3) is 4.23. The first kappa shape index (κ1) is 20.7. The number of rotatable bonds is 6. The number of ether oxygens (including phenoxy) is 2. The van der Waals surface area contributed by atoms with Gasteiger partial charge >= 0.3 is 0 Å². The molecule has 0 aliphatic carbocycles. The van der Waals surface area contributed by atoms with Crippen LogP contribution in [0.1, 0.15) is 21.5 Å². The minimum atomic E-state index is -3.62. The van der Waals surface area contributed by atoms with E-state index in [9.17, 15) is 13.2 Å². The van der Waals surface area contributed by atoms with Gasteiger partial charge < -0.3 is 14.8 Å². The van der Waals surface area contributed by atoms with Crippen molar-refractivity contribution in [3.05, 3.63) is 47.0 Å². The molecule has 0 radical (unpaired) electrons. The predicted molar refractivity (Wildman–Crippen MR) is 104 cm³/mol. The first-order valence-electron chi connectivity index (χ1n) is 8.19. The molecule has 2 aromatic carbocycles. The monoisotopic (exact) mass is 392 g/mol. The van der Waals surface area contributed by atoms with Crippen molar-refractivity contribution in [3.8, 4) is 11.5 Å². The Morgan fingerprint density at radius 2 is 1.70 bits per heavy atom. The van der Waals surface area contributed by atoms with Gasteiger partial charge in [-0.15, -0.1) is 0 Å². The zero-order valence-electron chi connectivity index (χ0n) is 16.3. The molecule has 0 bridgehead atoms. The van der Waals surface area contributed by atoms with Crippen LogP contribution in [0.4, 0.5) is 5.69 Å². The van der Waals surface area contributed by atoms with Gasteiger partial charge in [0.1, 0.15) is 11.5 Å². The summed E-state index contributed by atoms with van der Waals surface area (Å²) in [7, 11) is 2.30. The van der Waals surface area contributed by atoms with E-state index in [1.165, 1.54) is 34.4 Å². The van der Waals surface area contributed by atoms with Gasteiger partial charge in [-0.2, -0.15) is 0 Å². The highest BCUT2D eigenvalue weighted by molar-refractivity contribution is 7.89. The molecule has 8 heteroatoms. The normalized spacial score (nSPS) is 11.4. The maximum Gasteiger partial charge on any atom is 0.259 e. The molecule has 146 valence electrons. The van der Waals surface area contributed by atoms with Crippen LogP contribution in [0.3, 0.4) is 0 Å². The van der Waals surface area contributed by atoms with Crippen LogP contribution in [-0.2, 0) is 10.0 Å². The second-order valence-corrected chi connectivity index (χ2v) is 8.37. The Hall–Kier alpha value is -2.58. The average molecular weight is 392 g/mol. The predicted octanol–water partition coefficient (Wildman–Crippen LogP) is 2.82. The third-order valence-electron chi connectivity index (χ3n) is 4.32. The van der Waals surface area contributed by atoms with Gasteiger partial charge in [-0.1, -0.05) is 0 Å². The van der Waals surface area contributed by atoms with Crippen molar-refractivity contribution >= 4 is 21.6 Å². The number of sulfonamides is 1. The summed E-state index contributed by atoms with van der Waals surface area (Å²) in [5, 5.41) is 2.79. The zero-order valence-corrected chi connectivity index (χ0v) is 17.1. The van der Waals surface area contributed by atoms with Crippen molar-refractivity contribution < 1.29 is 22.7 Å². The molecule has 0 aliphatic rings. The van der Waals surface area contributed by atoms with Crippen molar-refractivity contribution in [1.82, 2.24) is 4.31 Å². The van der Waals surface area contributed by atoms with E-state index in [1.807, 2.05) is 6.92 Å². The Labute approximate surface area is 160 Å². The average Bonchev–Trinajstić information content (AvgIpc) is 2.64. The lowest BCUT2D eigenvalue weighted by atomic mass is 10.1. The number of amides is 1. The molecule has 7 nitrogen and oxygen atoms in total. The molecule has 1 amide bonds. The summed E-state index contributed by atoms with van der Waals surface area (Å²) in [6, 6.07) is 7.91. The lowest BCUT2D eigenvalue weighted by Crippen LogP contribution is -2.23. The Balaban J connectivity index is 2.46. The highest BCUT2D eigenvalue weighted by Gasteiger charge is 2.21. The zero-order chi connectivity index (χ0) is 20.4. The number of aryl methyl sites for hydroxylation is 1. The first-order valence-corrected chi connectivity index (χ1v) is 9.63.